The molecule has 0 amide bonds. The highest BCUT2D eigenvalue weighted by atomic mass is 79.9. The number of hydrogen-bond acceptors (Lipinski definition) is 1. The largest absolute Gasteiger partial charge is 0.416 e. The minimum atomic E-state index is -4.31. The lowest BCUT2D eigenvalue weighted by atomic mass is 9.79. The van der Waals surface area contributed by atoms with Crippen molar-refractivity contribution >= 4 is 15.9 Å². The third-order valence-corrected chi connectivity index (χ3v) is 4.62. The van der Waals surface area contributed by atoms with Crippen LogP contribution >= 0.6 is 15.9 Å². The van der Waals surface area contributed by atoms with Crippen molar-refractivity contribution in [3.05, 3.63) is 33.8 Å². The molecule has 0 aliphatic heterocycles. The van der Waals surface area contributed by atoms with E-state index in [9.17, 15) is 13.2 Å². The van der Waals surface area contributed by atoms with E-state index in [1.165, 1.54) is 12.5 Å². The van der Waals surface area contributed by atoms with Crippen LogP contribution in [0.4, 0.5) is 13.2 Å². The first-order chi connectivity index (χ1) is 9.91. The van der Waals surface area contributed by atoms with Gasteiger partial charge in [0, 0.05) is 10.5 Å². The molecule has 1 aromatic rings. The van der Waals surface area contributed by atoms with Gasteiger partial charge in [0.2, 0.25) is 0 Å². The normalized spacial score (nSPS) is 17.6. The summed E-state index contributed by atoms with van der Waals surface area (Å²) < 4.78 is 40.4. The van der Waals surface area contributed by atoms with Crippen molar-refractivity contribution in [1.82, 2.24) is 5.32 Å². The number of alkyl halides is 3. The van der Waals surface area contributed by atoms with Crippen LogP contribution in [0.5, 0.6) is 0 Å². The summed E-state index contributed by atoms with van der Waals surface area (Å²) in [7, 11) is 0. The van der Waals surface area contributed by atoms with Crippen LogP contribution in [0.3, 0.4) is 0 Å². The summed E-state index contributed by atoms with van der Waals surface area (Å²) in [5.74, 6) is 0.559. The molecule has 1 nitrogen and oxygen atoms in total. The highest BCUT2D eigenvalue weighted by Gasteiger charge is 2.36. The molecule has 1 unspecified atom stereocenters. The molecule has 0 saturated heterocycles. The number of benzene rings is 1. The molecular formula is C16H21BrF3N. The predicted octanol–water partition coefficient (Wildman–Crippen LogP) is 5.70. The van der Waals surface area contributed by atoms with E-state index in [1.807, 2.05) is 6.92 Å². The smallest absolute Gasteiger partial charge is 0.310 e. The molecular weight excluding hydrogens is 343 g/mol. The Balaban J connectivity index is 2.28. The molecule has 1 aliphatic rings. The van der Waals surface area contributed by atoms with Gasteiger partial charge >= 0.3 is 6.18 Å². The molecule has 1 saturated carbocycles. The Kier molecular flexibility index (Phi) is 5.72. The Bertz CT molecular complexity index is 469. The fourth-order valence-corrected chi connectivity index (χ4v) is 3.14. The van der Waals surface area contributed by atoms with Gasteiger partial charge in [0.1, 0.15) is 0 Å². The van der Waals surface area contributed by atoms with Gasteiger partial charge < -0.3 is 5.32 Å². The lowest BCUT2D eigenvalue weighted by Crippen LogP contribution is -2.28. The molecule has 1 aromatic carbocycles. The van der Waals surface area contributed by atoms with E-state index in [2.05, 4.69) is 21.2 Å². The highest BCUT2D eigenvalue weighted by Crippen LogP contribution is 2.40. The van der Waals surface area contributed by atoms with E-state index < -0.39 is 11.7 Å². The monoisotopic (exact) mass is 363 g/mol. The molecule has 1 fully saturated rings. The number of rotatable bonds is 6. The molecule has 0 bridgehead atoms. The maximum absolute atomic E-state index is 13.3. The predicted molar refractivity (Wildman–Crippen MR) is 82.1 cm³/mol. The zero-order valence-electron chi connectivity index (χ0n) is 12.1. The Morgan fingerprint density at radius 1 is 1.33 bits per heavy atom. The van der Waals surface area contributed by atoms with Crippen LogP contribution in [0.1, 0.15) is 56.2 Å². The molecule has 0 heterocycles. The van der Waals surface area contributed by atoms with Crippen LogP contribution in [-0.2, 0) is 6.18 Å². The topological polar surface area (TPSA) is 12.0 Å². The van der Waals surface area contributed by atoms with Crippen LogP contribution in [0.15, 0.2) is 22.7 Å². The molecule has 0 spiro atoms. The molecule has 118 valence electrons. The average molecular weight is 364 g/mol. The maximum Gasteiger partial charge on any atom is 0.416 e. The molecule has 2 rings (SSSR count). The van der Waals surface area contributed by atoms with Gasteiger partial charge in [-0.15, -0.1) is 0 Å². The van der Waals surface area contributed by atoms with E-state index in [4.69, 9.17) is 0 Å². The van der Waals surface area contributed by atoms with Crippen molar-refractivity contribution in [3.8, 4) is 0 Å². The van der Waals surface area contributed by atoms with Gasteiger partial charge in [-0.2, -0.15) is 13.2 Å². The van der Waals surface area contributed by atoms with E-state index >= 15 is 0 Å². The van der Waals surface area contributed by atoms with Gasteiger partial charge in [-0.1, -0.05) is 48.2 Å². The van der Waals surface area contributed by atoms with Crippen LogP contribution < -0.4 is 5.32 Å². The van der Waals surface area contributed by atoms with Crippen molar-refractivity contribution in [3.63, 3.8) is 0 Å². The zero-order valence-corrected chi connectivity index (χ0v) is 13.7. The SMILES string of the molecule is CCCNC(CC1CCC1)c1ccc(Br)cc1C(F)(F)F. The Morgan fingerprint density at radius 3 is 2.57 bits per heavy atom. The Morgan fingerprint density at radius 2 is 2.05 bits per heavy atom. The number of nitrogens with one attached hydrogen (secondary N) is 1. The summed E-state index contributed by atoms with van der Waals surface area (Å²) in [6.45, 7) is 2.77. The fourth-order valence-electron chi connectivity index (χ4n) is 2.78. The molecule has 21 heavy (non-hydrogen) atoms. The van der Waals surface area contributed by atoms with Gasteiger partial charge in [-0.25, -0.2) is 0 Å². The molecule has 5 heteroatoms. The average Bonchev–Trinajstić information content (AvgIpc) is 2.36. The van der Waals surface area contributed by atoms with E-state index in [0.29, 0.717) is 16.0 Å². The molecule has 0 aromatic heterocycles. The van der Waals surface area contributed by atoms with Crippen molar-refractivity contribution in [2.24, 2.45) is 5.92 Å². The second kappa shape index (κ2) is 7.14. The van der Waals surface area contributed by atoms with Crippen LogP contribution in [0, 0.1) is 5.92 Å². The molecule has 1 atom stereocenters. The summed E-state index contributed by atoms with van der Waals surface area (Å²) in [5.41, 5.74) is -0.143. The van der Waals surface area contributed by atoms with Gasteiger partial charge in [-0.05, 0) is 43.0 Å². The van der Waals surface area contributed by atoms with Gasteiger partial charge in [0.05, 0.1) is 5.56 Å². The minimum absolute atomic E-state index is 0.208. The first-order valence-corrected chi connectivity index (χ1v) is 8.31. The summed E-state index contributed by atoms with van der Waals surface area (Å²) in [6.07, 6.45) is 0.886. The summed E-state index contributed by atoms with van der Waals surface area (Å²) in [6, 6.07) is 4.29. The molecule has 1 N–H and O–H groups in total. The molecule has 0 radical (unpaired) electrons. The minimum Gasteiger partial charge on any atom is -0.310 e. The number of hydrogen-bond donors (Lipinski definition) is 1. The van der Waals surface area contributed by atoms with E-state index in [-0.39, 0.29) is 6.04 Å². The zero-order chi connectivity index (χ0) is 15.5. The van der Waals surface area contributed by atoms with Crippen molar-refractivity contribution in [2.75, 3.05) is 6.54 Å². The quantitative estimate of drug-likeness (QED) is 0.683. The van der Waals surface area contributed by atoms with Gasteiger partial charge in [-0.3, -0.25) is 0 Å². The van der Waals surface area contributed by atoms with Crippen molar-refractivity contribution < 1.29 is 13.2 Å². The second-order valence-electron chi connectivity index (χ2n) is 5.77. The Hall–Kier alpha value is -0.550. The fraction of sp³-hybridized carbons (Fsp3) is 0.625. The van der Waals surface area contributed by atoms with Gasteiger partial charge in [0.15, 0.2) is 0 Å². The Labute approximate surface area is 132 Å². The lowest BCUT2D eigenvalue weighted by molar-refractivity contribution is -0.138. The van der Waals surface area contributed by atoms with Crippen LogP contribution in [0.25, 0.3) is 0 Å². The third-order valence-electron chi connectivity index (χ3n) is 4.13. The van der Waals surface area contributed by atoms with E-state index in [1.54, 1.807) is 12.1 Å². The summed E-state index contributed by atoms with van der Waals surface area (Å²) >= 11 is 3.15. The third kappa shape index (κ3) is 4.46. The highest BCUT2D eigenvalue weighted by molar-refractivity contribution is 9.10. The first kappa shape index (κ1) is 16.8. The van der Waals surface area contributed by atoms with Crippen LogP contribution in [0.2, 0.25) is 0 Å². The maximum atomic E-state index is 13.3. The van der Waals surface area contributed by atoms with Crippen molar-refractivity contribution in [1.29, 1.82) is 0 Å². The first-order valence-electron chi connectivity index (χ1n) is 7.51. The lowest BCUT2D eigenvalue weighted by Gasteiger charge is -2.31. The van der Waals surface area contributed by atoms with Crippen LogP contribution in [-0.4, -0.2) is 6.54 Å². The van der Waals surface area contributed by atoms with E-state index in [0.717, 1.165) is 32.2 Å². The second-order valence-corrected chi connectivity index (χ2v) is 6.68. The van der Waals surface area contributed by atoms with Gasteiger partial charge in [0.25, 0.3) is 0 Å². The van der Waals surface area contributed by atoms with Crippen molar-refractivity contribution in [2.45, 2.75) is 51.2 Å². The number of halogens is 4. The standard InChI is InChI=1S/C16H21BrF3N/c1-2-8-21-15(9-11-4-3-5-11)13-7-6-12(17)10-14(13)16(18,19)20/h6-7,10-11,15,21H,2-5,8-9H2,1H3. The summed E-state index contributed by atoms with van der Waals surface area (Å²) in [4.78, 5) is 0. The summed E-state index contributed by atoms with van der Waals surface area (Å²) in [5, 5.41) is 3.30. The molecule has 1 aliphatic carbocycles.